The quantitative estimate of drug-likeness (QED) is 0.0421. The minimum absolute atomic E-state index is 0.0780. The van der Waals surface area contributed by atoms with Crippen molar-refractivity contribution in [1.29, 1.82) is 0 Å². The van der Waals surface area contributed by atoms with Gasteiger partial charge < -0.3 is 15.5 Å². The standard InChI is InChI=1S/C62H103NO3/c1-3-5-7-9-11-13-15-17-19-20-21-22-23-24-25-26-27-28-29-30-31-32-33-34-35-36-37-38-39-40-41-42-44-46-48-50-52-54-56-58-62(66)63-60(59-64)61(65)57-55-53-51-49-47-45-43-18-16-14-12-10-8-6-4-2/h5,7,11,13,17,19,21-22,24-25,27-28,30-31,33-34,36-37,39-40,55,57,60-61,64-65H,3-4,6,8-10,12,14-16,18,20,23,26,29,32,35,38,41-54,56,58-59H2,1-2H3,(H,63,66)/b7-5-,13-11-,19-17-,22-21-,25-24-,28-27-,31-30-,34-33-,37-36-,40-39-,57-55+. The number of aliphatic hydroxyl groups is 2. The zero-order chi connectivity index (χ0) is 47.7. The minimum Gasteiger partial charge on any atom is -0.394 e. The third-order valence-electron chi connectivity index (χ3n) is 11.6. The number of nitrogens with one attached hydrogen (secondary N) is 1. The number of hydrogen-bond acceptors (Lipinski definition) is 3. The monoisotopic (exact) mass is 910 g/mol. The molecule has 2 atom stereocenters. The highest BCUT2D eigenvalue weighted by Gasteiger charge is 2.18. The van der Waals surface area contributed by atoms with E-state index in [1.165, 1.54) is 109 Å². The molecule has 0 aliphatic carbocycles. The number of allylic oxidation sites excluding steroid dienone is 21. The number of carbonyl (C=O) groups excluding carboxylic acids is 1. The van der Waals surface area contributed by atoms with E-state index in [2.05, 4.69) is 141 Å². The van der Waals surface area contributed by atoms with Gasteiger partial charge in [-0.1, -0.05) is 263 Å². The molecule has 0 aliphatic heterocycles. The number of unbranched alkanes of at least 4 members (excludes halogenated alkanes) is 21. The van der Waals surface area contributed by atoms with Crippen molar-refractivity contribution in [3.8, 4) is 0 Å². The predicted octanol–water partition coefficient (Wildman–Crippen LogP) is 18.2. The maximum atomic E-state index is 12.4. The second kappa shape index (κ2) is 55.9. The summed E-state index contributed by atoms with van der Waals surface area (Å²) in [6.07, 6.45) is 87.3. The molecular formula is C62H103NO3. The van der Waals surface area contributed by atoms with E-state index in [4.69, 9.17) is 0 Å². The van der Waals surface area contributed by atoms with E-state index in [1.54, 1.807) is 6.08 Å². The summed E-state index contributed by atoms with van der Waals surface area (Å²) in [4.78, 5) is 12.4. The molecular weight excluding hydrogens is 807 g/mol. The average molecular weight is 911 g/mol. The minimum atomic E-state index is -0.851. The SMILES string of the molecule is CC/C=C\C/C=C\C/C=C\C/C=C\C/C=C\C/C=C\C/C=C\C/C=C\C/C=C\C/C=C\CCCCCCCCCCC(=O)NC(CO)C(O)/C=C/CCCCCCCCCCCCCCC. The summed E-state index contributed by atoms with van der Waals surface area (Å²) in [5.74, 6) is -0.0780. The summed E-state index contributed by atoms with van der Waals surface area (Å²) in [6, 6.07) is -0.635. The Morgan fingerprint density at radius 1 is 0.379 bits per heavy atom. The van der Waals surface area contributed by atoms with E-state index in [1.807, 2.05) is 6.08 Å². The summed E-state index contributed by atoms with van der Waals surface area (Å²) in [5, 5.41) is 23.1. The van der Waals surface area contributed by atoms with Crippen LogP contribution in [-0.4, -0.2) is 34.9 Å². The van der Waals surface area contributed by atoms with Gasteiger partial charge in [0.2, 0.25) is 5.91 Å². The first-order valence-corrected chi connectivity index (χ1v) is 27.4. The maximum absolute atomic E-state index is 12.4. The predicted molar refractivity (Wildman–Crippen MR) is 294 cm³/mol. The van der Waals surface area contributed by atoms with E-state index in [0.717, 1.165) is 103 Å². The Labute approximate surface area is 409 Å². The first-order valence-electron chi connectivity index (χ1n) is 27.4. The lowest BCUT2D eigenvalue weighted by Crippen LogP contribution is -2.45. The van der Waals surface area contributed by atoms with Crippen molar-refractivity contribution in [3.05, 3.63) is 134 Å². The topological polar surface area (TPSA) is 69.6 Å². The average Bonchev–Trinajstić information content (AvgIpc) is 3.32. The Balaban J connectivity index is 3.64. The Hall–Kier alpha value is -3.47. The Kier molecular flexibility index (Phi) is 52.9. The lowest BCUT2D eigenvalue weighted by atomic mass is 10.0. The Morgan fingerprint density at radius 2 is 0.667 bits per heavy atom. The van der Waals surface area contributed by atoms with E-state index in [-0.39, 0.29) is 12.5 Å². The van der Waals surface area contributed by atoms with Gasteiger partial charge in [-0.15, -0.1) is 0 Å². The van der Waals surface area contributed by atoms with E-state index in [0.29, 0.717) is 6.42 Å². The molecule has 0 aliphatic rings. The van der Waals surface area contributed by atoms with Crippen LogP contribution in [0.4, 0.5) is 0 Å². The number of carbonyl (C=O) groups is 1. The highest BCUT2D eigenvalue weighted by molar-refractivity contribution is 5.76. The van der Waals surface area contributed by atoms with Crippen LogP contribution in [0.5, 0.6) is 0 Å². The van der Waals surface area contributed by atoms with Gasteiger partial charge in [0.05, 0.1) is 18.8 Å². The third-order valence-corrected chi connectivity index (χ3v) is 11.6. The van der Waals surface area contributed by atoms with Crippen molar-refractivity contribution in [2.45, 2.75) is 244 Å². The van der Waals surface area contributed by atoms with Gasteiger partial charge >= 0.3 is 0 Å². The molecule has 0 heterocycles. The highest BCUT2D eigenvalue weighted by Crippen LogP contribution is 2.14. The van der Waals surface area contributed by atoms with Crippen molar-refractivity contribution >= 4 is 5.91 Å². The van der Waals surface area contributed by atoms with Gasteiger partial charge in [0.15, 0.2) is 0 Å². The van der Waals surface area contributed by atoms with Crippen LogP contribution in [0.1, 0.15) is 232 Å². The van der Waals surface area contributed by atoms with E-state index < -0.39 is 12.1 Å². The van der Waals surface area contributed by atoms with E-state index >= 15 is 0 Å². The molecule has 374 valence electrons. The van der Waals surface area contributed by atoms with Crippen LogP contribution in [0.25, 0.3) is 0 Å². The summed E-state index contributed by atoms with van der Waals surface area (Å²) in [7, 11) is 0. The lowest BCUT2D eigenvalue weighted by molar-refractivity contribution is -0.123. The maximum Gasteiger partial charge on any atom is 0.220 e. The first-order chi connectivity index (χ1) is 32.7. The number of aliphatic hydroxyl groups excluding tert-OH is 2. The molecule has 0 aromatic rings. The molecule has 0 radical (unpaired) electrons. The molecule has 0 spiro atoms. The number of amides is 1. The fourth-order valence-corrected chi connectivity index (χ4v) is 7.50. The molecule has 4 nitrogen and oxygen atoms in total. The summed E-state index contributed by atoms with van der Waals surface area (Å²) in [5.41, 5.74) is 0. The molecule has 2 unspecified atom stereocenters. The molecule has 0 rings (SSSR count). The van der Waals surface area contributed by atoms with Gasteiger partial charge in [-0.3, -0.25) is 4.79 Å². The van der Waals surface area contributed by atoms with Crippen LogP contribution < -0.4 is 5.32 Å². The molecule has 0 saturated carbocycles. The molecule has 1 amide bonds. The summed E-state index contributed by atoms with van der Waals surface area (Å²) >= 11 is 0. The van der Waals surface area contributed by atoms with Crippen LogP contribution in [0.15, 0.2) is 134 Å². The van der Waals surface area contributed by atoms with Gasteiger partial charge in [-0.05, 0) is 96.3 Å². The fourth-order valence-electron chi connectivity index (χ4n) is 7.50. The van der Waals surface area contributed by atoms with Crippen LogP contribution in [0.3, 0.4) is 0 Å². The van der Waals surface area contributed by atoms with Crippen molar-refractivity contribution in [2.24, 2.45) is 0 Å². The van der Waals surface area contributed by atoms with E-state index in [9.17, 15) is 15.0 Å². The van der Waals surface area contributed by atoms with Crippen LogP contribution >= 0.6 is 0 Å². The molecule has 0 aromatic carbocycles. The third kappa shape index (κ3) is 51.5. The first kappa shape index (κ1) is 62.5. The molecule has 0 saturated heterocycles. The van der Waals surface area contributed by atoms with Crippen molar-refractivity contribution in [3.63, 3.8) is 0 Å². The van der Waals surface area contributed by atoms with Gasteiger partial charge in [0, 0.05) is 6.42 Å². The second-order valence-electron chi connectivity index (χ2n) is 17.9. The molecule has 3 N–H and O–H groups in total. The number of hydrogen-bond donors (Lipinski definition) is 3. The van der Waals surface area contributed by atoms with Gasteiger partial charge in [0.25, 0.3) is 0 Å². The molecule has 66 heavy (non-hydrogen) atoms. The number of rotatable bonds is 48. The second-order valence-corrected chi connectivity index (χ2v) is 17.9. The van der Waals surface area contributed by atoms with Crippen LogP contribution in [-0.2, 0) is 4.79 Å². The highest BCUT2D eigenvalue weighted by atomic mass is 16.3. The van der Waals surface area contributed by atoms with Gasteiger partial charge in [-0.2, -0.15) is 0 Å². The summed E-state index contributed by atoms with van der Waals surface area (Å²) < 4.78 is 0. The molecule has 4 heteroatoms. The van der Waals surface area contributed by atoms with Crippen molar-refractivity contribution in [1.82, 2.24) is 5.32 Å². The zero-order valence-corrected chi connectivity index (χ0v) is 42.9. The van der Waals surface area contributed by atoms with Gasteiger partial charge in [0.1, 0.15) is 0 Å². The van der Waals surface area contributed by atoms with Crippen molar-refractivity contribution < 1.29 is 15.0 Å². The normalized spacial score (nSPS) is 13.9. The van der Waals surface area contributed by atoms with Crippen LogP contribution in [0, 0.1) is 0 Å². The summed E-state index contributed by atoms with van der Waals surface area (Å²) in [6.45, 7) is 4.18. The Bertz CT molecular complexity index is 1350. The Morgan fingerprint density at radius 3 is 1.00 bits per heavy atom. The molecule has 0 fully saturated rings. The largest absolute Gasteiger partial charge is 0.394 e. The van der Waals surface area contributed by atoms with Crippen molar-refractivity contribution in [2.75, 3.05) is 6.61 Å². The van der Waals surface area contributed by atoms with Gasteiger partial charge in [-0.25, -0.2) is 0 Å². The molecule has 0 bridgehead atoms. The zero-order valence-electron chi connectivity index (χ0n) is 42.9. The lowest BCUT2D eigenvalue weighted by Gasteiger charge is -2.20. The smallest absolute Gasteiger partial charge is 0.220 e. The molecule has 0 aromatic heterocycles. The fraction of sp³-hybridized carbons (Fsp3) is 0.629. The van der Waals surface area contributed by atoms with Crippen LogP contribution in [0.2, 0.25) is 0 Å².